The molecule has 0 aliphatic rings. The molecule has 7 rings (SSSR count). The molecule has 0 amide bonds. The first-order valence-electron chi connectivity index (χ1n) is 15.1. The van der Waals surface area contributed by atoms with Gasteiger partial charge in [-0.05, 0) is 92.9 Å². The number of nitrogens with two attached hydrogens (primary N) is 1. The van der Waals surface area contributed by atoms with E-state index in [1.54, 1.807) is 0 Å². The van der Waals surface area contributed by atoms with Crippen molar-refractivity contribution >= 4 is 54.5 Å². The molecule has 0 bridgehead atoms. The molecule has 212 valence electrons. The van der Waals surface area contributed by atoms with Crippen LogP contribution in [-0.4, -0.2) is 11.1 Å². The van der Waals surface area contributed by atoms with Crippen LogP contribution in [0.1, 0.15) is 18.1 Å². The predicted molar refractivity (Wildman–Crippen MR) is 192 cm³/mol. The fourth-order valence-corrected chi connectivity index (χ4v) is 6.49. The van der Waals surface area contributed by atoms with E-state index in [1.807, 2.05) is 18.2 Å². The highest BCUT2D eigenvalue weighted by atomic mass is 15.0. The minimum atomic E-state index is 0.490. The number of para-hydroxylation sites is 1. The number of hydrogen-bond donors (Lipinski definition) is 1. The van der Waals surface area contributed by atoms with Gasteiger partial charge in [0.2, 0.25) is 0 Å². The third-order valence-electron chi connectivity index (χ3n) is 8.69. The quantitative estimate of drug-likeness (QED) is 0.191. The second-order valence-electron chi connectivity index (χ2n) is 11.1. The second-order valence-corrected chi connectivity index (χ2v) is 11.1. The summed E-state index contributed by atoms with van der Waals surface area (Å²) < 4.78 is 2.42. The molecule has 0 radical (unpaired) electrons. The van der Waals surface area contributed by atoms with Crippen molar-refractivity contribution < 1.29 is 0 Å². The molecule has 0 saturated heterocycles. The monoisotopic (exact) mass is 566 g/mol. The highest BCUT2D eigenvalue weighted by molar-refractivity contribution is 6.19. The van der Waals surface area contributed by atoms with Crippen molar-refractivity contribution in [2.75, 3.05) is 6.54 Å². The van der Waals surface area contributed by atoms with Gasteiger partial charge in [0.1, 0.15) is 0 Å². The average Bonchev–Trinajstić information content (AvgIpc) is 3.41. The molecule has 0 unspecified atom stereocenters. The van der Waals surface area contributed by atoms with Gasteiger partial charge in [-0.15, -0.1) is 0 Å². The SMILES string of the molecule is C=C/C(=C\CN)c1ccc2cc(-c3ccc4c5ccc6cc(/C(C=C)=C/C)ccc6c5n(-c5ccccc5)c4c3)ccc2c1. The van der Waals surface area contributed by atoms with Gasteiger partial charge in [0.15, 0.2) is 0 Å². The Kier molecular flexibility index (Phi) is 7.06. The van der Waals surface area contributed by atoms with E-state index in [1.165, 1.54) is 60.0 Å². The van der Waals surface area contributed by atoms with Gasteiger partial charge >= 0.3 is 0 Å². The zero-order valence-electron chi connectivity index (χ0n) is 24.9. The maximum atomic E-state index is 5.77. The van der Waals surface area contributed by atoms with Gasteiger partial charge < -0.3 is 10.3 Å². The predicted octanol–water partition coefficient (Wildman–Crippen LogP) is 10.9. The van der Waals surface area contributed by atoms with Crippen LogP contribution in [-0.2, 0) is 0 Å². The number of allylic oxidation sites excluding steroid dienone is 5. The Balaban J connectivity index is 1.43. The van der Waals surface area contributed by atoms with Gasteiger partial charge in [-0.2, -0.15) is 0 Å². The molecule has 0 spiro atoms. The molecule has 2 heteroatoms. The van der Waals surface area contributed by atoms with E-state index in [0.717, 1.165) is 22.4 Å². The summed E-state index contributed by atoms with van der Waals surface area (Å²) in [6.07, 6.45) is 7.91. The first-order valence-corrected chi connectivity index (χ1v) is 15.1. The van der Waals surface area contributed by atoms with Crippen LogP contribution >= 0.6 is 0 Å². The average molecular weight is 567 g/mol. The van der Waals surface area contributed by atoms with Crippen LogP contribution in [0.2, 0.25) is 0 Å². The maximum absolute atomic E-state index is 5.77. The number of fused-ring (bicyclic) bond motifs is 6. The van der Waals surface area contributed by atoms with Crippen LogP contribution in [0.4, 0.5) is 0 Å². The third kappa shape index (κ3) is 4.57. The first-order chi connectivity index (χ1) is 21.6. The molecule has 0 atom stereocenters. The van der Waals surface area contributed by atoms with Crippen LogP contribution in [0.25, 0.3) is 71.3 Å². The van der Waals surface area contributed by atoms with Crippen molar-refractivity contribution in [1.29, 1.82) is 0 Å². The van der Waals surface area contributed by atoms with Crippen molar-refractivity contribution in [3.8, 4) is 16.8 Å². The van der Waals surface area contributed by atoms with Crippen LogP contribution in [0.5, 0.6) is 0 Å². The van der Waals surface area contributed by atoms with Crippen LogP contribution in [0.15, 0.2) is 153 Å². The molecule has 7 aromatic rings. The lowest BCUT2D eigenvalue weighted by atomic mass is 9.97. The Morgan fingerprint density at radius 3 is 2.02 bits per heavy atom. The van der Waals surface area contributed by atoms with Crippen molar-refractivity contribution in [1.82, 2.24) is 4.57 Å². The molecule has 0 aliphatic carbocycles. The summed E-state index contributed by atoms with van der Waals surface area (Å²) in [7, 11) is 0. The number of benzene rings is 6. The molecular weight excluding hydrogens is 532 g/mol. The summed E-state index contributed by atoms with van der Waals surface area (Å²) in [4.78, 5) is 0. The van der Waals surface area contributed by atoms with Gasteiger partial charge in [-0.3, -0.25) is 0 Å². The van der Waals surface area contributed by atoms with E-state index in [0.29, 0.717) is 6.54 Å². The summed E-state index contributed by atoms with van der Waals surface area (Å²) in [5.41, 5.74) is 16.2. The standard InChI is InChI=1S/C42H34N2/c1-4-28(5-2)30-16-19-38-36(26-30)18-21-40-39-20-17-35(27-41(39)44(42(38)40)37-10-8-7-9-11-37)34-15-14-32-24-31(12-13-33(32)25-34)29(6-3)22-23-43/h4-22,24-27H,1,3,23,43H2,2H3/b28-5+,29-22+. The van der Waals surface area contributed by atoms with E-state index in [2.05, 4.69) is 146 Å². The molecule has 1 heterocycles. The smallest absolute Gasteiger partial charge is 0.0619 e. The molecule has 1 aromatic heterocycles. The summed E-state index contributed by atoms with van der Waals surface area (Å²) >= 11 is 0. The molecule has 2 nitrogen and oxygen atoms in total. The van der Waals surface area contributed by atoms with Crippen molar-refractivity contribution in [3.63, 3.8) is 0 Å². The molecule has 2 N–H and O–H groups in total. The lowest BCUT2D eigenvalue weighted by molar-refractivity contribution is 1.19. The minimum Gasteiger partial charge on any atom is -0.327 e. The minimum absolute atomic E-state index is 0.490. The topological polar surface area (TPSA) is 30.9 Å². The summed E-state index contributed by atoms with van der Waals surface area (Å²) in [6, 6.07) is 42.1. The fourth-order valence-electron chi connectivity index (χ4n) is 6.49. The number of nitrogens with zero attached hydrogens (tertiary/aromatic N) is 1. The van der Waals surface area contributed by atoms with Gasteiger partial charge in [0, 0.05) is 28.4 Å². The Labute approximate surface area is 258 Å². The van der Waals surface area contributed by atoms with Gasteiger partial charge in [0.05, 0.1) is 11.0 Å². The van der Waals surface area contributed by atoms with Crippen molar-refractivity contribution in [2.45, 2.75) is 6.92 Å². The molecule has 0 saturated carbocycles. The zero-order chi connectivity index (χ0) is 30.2. The molecular formula is C42H34N2. The zero-order valence-corrected chi connectivity index (χ0v) is 24.9. The highest BCUT2D eigenvalue weighted by Crippen LogP contribution is 2.39. The first kappa shape index (κ1) is 27.4. The largest absolute Gasteiger partial charge is 0.327 e. The van der Waals surface area contributed by atoms with Crippen LogP contribution in [0.3, 0.4) is 0 Å². The van der Waals surface area contributed by atoms with Gasteiger partial charge in [-0.25, -0.2) is 0 Å². The van der Waals surface area contributed by atoms with Crippen LogP contribution in [0, 0.1) is 0 Å². The fraction of sp³-hybridized carbons (Fsp3) is 0.0476. The Hall–Kier alpha value is -5.44. The van der Waals surface area contributed by atoms with Gasteiger partial charge in [-0.1, -0.05) is 116 Å². The van der Waals surface area contributed by atoms with E-state index < -0.39 is 0 Å². The number of aromatic nitrogens is 1. The normalized spacial score (nSPS) is 12.4. The summed E-state index contributed by atoms with van der Waals surface area (Å²) in [5, 5.41) is 7.34. The Morgan fingerprint density at radius 2 is 1.25 bits per heavy atom. The number of rotatable bonds is 7. The summed E-state index contributed by atoms with van der Waals surface area (Å²) in [6.45, 7) is 10.5. The number of hydrogen-bond acceptors (Lipinski definition) is 1. The molecule has 44 heavy (non-hydrogen) atoms. The van der Waals surface area contributed by atoms with E-state index in [4.69, 9.17) is 5.73 Å². The molecule has 6 aromatic carbocycles. The Bertz CT molecular complexity index is 2290. The third-order valence-corrected chi connectivity index (χ3v) is 8.69. The summed E-state index contributed by atoms with van der Waals surface area (Å²) in [5.74, 6) is 0. The van der Waals surface area contributed by atoms with Crippen molar-refractivity contribution in [2.24, 2.45) is 5.73 Å². The molecule has 0 aliphatic heterocycles. The Morgan fingerprint density at radius 1 is 0.636 bits per heavy atom. The van der Waals surface area contributed by atoms with E-state index in [9.17, 15) is 0 Å². The molecule has 0 fully saturated rings. The van der Waals surface area contributed by atoms with Crippen LogP contribution < -0.4 is 5.73 Å². The lowest BCUT2D eigenvalue weighted by Gasteiger charge is -2.12. The second kappa shape index (κ2) is 11.3. The van der Waals surface area contributed by atoms with E-state index in [-0.39, 0.29) is 0 Å². The highest BCUT2D eigenvalue weighted by Gasteiger charge is 2.16. The maximum Gasteiger partial charge on any atom is 0.0619 e. The van der Waals surface area contributed by atoms with E-state index >= 15 is 0 Å². The van der Waals surface area contributed by atoms with Crippen molar-refractivity contribution in [3.05, 3.63) is 164 Å². The lowest BCUT2D eigenvalue weighted by Crippen LogP contribution is -1.95. The van der Waals surface area contributed by atoms with Gasteiger partial charge in [0.25, 0.3) is 0 Å².